The van der Waals surface area contributed by atoms with Crippen LogP contribution in [0.25, 0.3) is 11.3 Å². The zero-order chi connectivity index (χ0) is 15.4. The molecular formula is C16H18N4O2. The Labute approximate surface area is 129 Å². The van der Waals surface area contributed by atoms with E-state index in [0.717, 1.165) is 31.5 Å². The number of amides is 1. The Kier molecular flexibility index (Phi) is 4.27. The van der Waals surface area contributed by atoms with Crippen LogP contribution in [0.1, 0.15) is 29.8 Å². The molecule has 0 saturated carbocycles. The van der Waals surface area contributed by atoms with Gasteiger partial charge in [0.25, 0.3) is 5.91 Å². The number of carbonyl (C=O) groups is 1. The van der Waals surface area contributed by atoms with Gasteiger partial charge in [-0.15, -0.1) is 0 Å². The van der Waals surface area contributed by atoms with Gasteiger partial charge in [-0.2, -0.15) is 0 Å². The van der Waals surface area contributed by atoms with Crippen LogP contribution >= 0.6 is 0 Å². The molecule has 2 aromatic rings. The zero-order valence-electron chi connectivity index (χ0n) is 12.5. The third-order valence-electron chi connectivity index (χ3n) is 3.74. The lowest BCUT2D eigenvalue weighted by Gasteiger charge is -2.26. The smallest absolute Gasteiger partial charge is 0.274 e. The Balaban J connectivity index is 1.90. The molecule has 2 aromatic heterocycles. The summed E-state index contributed by atoms with van der Waals surface area (Å²) < 4.78 is 5.24. The van der Waals surface area contributed by atoms with Gasteiger partial charge in [-0.1, -0.05) is 0 Å². The van der Waals surface area contributed by atoms with E-state index in [2.05, 4.69) is 15.0 Å². The number of carbonyl (C=O) groups excluding carboxylic acids is 1. The van der Waals surface area contributed by atoms with Crippen molar-refractivity contribution in [2.75, 3.05) is 20.2 Å². The molecule has 114 valence electrons. The molecule has 1 fully saturated rings. The van der Waals surface area contributed by atoms with E-state index in [1.54, 1.807) is 25.6 Å². The maximum atomic E-state index is 12.5. The van der Waals surface area contributed by atoms with Crippen molar-refractivity contribution in [2.24, 2.45) is 0 Å². The van der Waals surface area contributed by atoms with Crippen molar-refractivity contribution >= 4 is 5.91 Å². The number of pyridine rings is 1. The molecular weight excluding hydrogens is 280 g/mol. The Hall–Kier alpha value is -2.50. The van der Waals surface area contributed by atoms with Gasteiger partial charge in [0.15, 0.2) is 0 Å². The third-order valence-corrected chi connectivity index (χ3v) is 3.74. The van der Waals surface area contributed by atoms with E-state index in [-0.39, 0.29) is 5.91 Å². The summed E-state index contributed by atoms with van der Waals surface area (Å²) in [5.41, 5.74) is 1.68. The summed E-state index contributed by atoms with van der Waals surface area (Å²) in [6.45, 7) is 1.59. The lowest BCUT2D eigenvalue weighted by Crippen LogP contribution is -2.36. The van der Waals surface area contributed by atoms with E-state index >= 15 is 0 Å². The molecule has 0 bridgehead atoms. The highest BCUT2D eigenvalue weighted by molar-refractivity contribution is 5.92. The van der Waals surface area contributed by atoms with Gasteiger partial charge in [0, 0.05) is 19.3 Å². The Morgan fingerprint density at radius 2 is 2.05 bits per heavy atom. The first-order valence-corrected chi connectivity index (χ1v) is 7.40. The number of ether oxygens (including phenoxy) is 1. The summed E-state index contributed by atoms with van der Waals surface area (Å²) in [5, 5.41) is 0. The summed E-state index contributed by atoms with van der Waals surface area (Å²) >= 11 is 0. The molecule has 0 unspecified atom stereocenters. The summed E-state index contributed by atoms with van der Waals surface area (Å²) in [5.74, 6) is 0.413. The maximum Gasteiger partial charge on any atom is 0.274 e. The van der Waals surface area contributed by atoms with Crippen LogP contribution in [0.2, 0.25) is 0 Å². The van der Waals surface area contributed by atoms with Crippen LogP contribution in [0.3, 0.4) is 0 Å². The second kappa shape index (κ2) is 6.51. The largest absolute Gasteiger partial charge is 0.481 e. The minimum atomic E-state index is -0.0584. The SMILES string of the molecule is COc1ncccc1-c1cncc(C(=O)N2CCCCC2)n1. The molecule has 1 saturated heterocycles. The van der Waals surface area contributed by atoms with Crippen molar-refractivity contribution < 1.29 is 9.53 Å². The van der Waals surface area contributed by atoms with Crippen molar-refractivity contribution in [1.82, 2.24) is 19.9 Å². The van der Waals surface area contributed by atoms with Crippen molar-refractivity contribution in [3.05, 3.63) is 36.4 Å². The quantitative estimate of drug-likeness (QED) is 0.868. The van der Waals surface area contributed by atoms with Crippen LogP contribution in [0.4, 0.5) is 0 Å². The van der Waals surface area contributed by atoms with E-state index in [1.165, 1.54) is 12.6 Å². The predicted octanol–water partition coefficient (Wildman–Crippen LogP) is 2.17. The minimum Gasteiger partial charge on any atom is -0.481 e. The molecule has 3 heterocycles. The summed E-state index contributed by atoms with van der Waals surface area (Å²) in [6.07, 6.45) is 8.07. The average molecular weight is 298 g/mol. The van der Waals surface area contributed by atoms with Gasteiger partial charge in [0.2, 0.25) is 5.88 Å². The van der Waals surface area contributed by atoms with E-state index in [0.29, 0.717) is 17.3 Å². The maximum absolute atomic E-state index is 12.5. The summed E-state index contributed by atoms with van der Waals surface area (Å²) in [4.78, 5) is 27.1. The van der Waals surface area contributed by atoms with Crippen molar-refractivity contribution in [1.29, 1.82) is 0 Å². The Bertz CT molecular complexity index is 669. The molecule has 0 spiro atoms. The number of hydrogen-bond donors (Lipinski definition) is 0. The monoisotopic (exact) mass is 298 g/mol. The fourth-order valence-electron chi connectivity index (χ4n) is 2.61. The molecule has 1 aliphatic heterocycles. The standard InChI is InChI=1S/C16H18N4O2/c1-22-15-12(6-5-7-18-15)13-10-17-11-14(19-13)16(21)20-8-3-2-4-9-20/h5-7,10-11H,2-4,8-9H2,1H3. The number of hydrogen-bond acceptors (Lipinski definition) is 5. The van der Waals surface area contributed by atoms with Gasteiger partial charge in [-0.25, -0.2) is 9.97 Å². The van der Waals surface area contributed by atoms with Gasteiger partial charge in [-0.3, -0.25) is 9.78 Å². The molecule has 6 heteroatoms. The van der Waals surface area contributed by atoms with Crippen LogP contribution in [-0.4, -0.2) is 46.0 Å². The molecule has 6 nitrogen and oxygen atoms in total. The van der Waals surface area contributed by atoms with Crippen molar-refractivity contribution in [3.8, 4) is 17.1 Å². The Morgan fingerprint density at radius 3 is 2.82 bits per heavy atom. The number of methoxy groups -OCH3 is 1. The topological polar surface area (TPSA) is 68.2 Å². The van der Waals surface area contributed by atoms with E-state index in [4.69, 9.17) is 4.74 Å². The zero-order valence-corrected chi connectivity index (χ0v) is 12.5. The fourth-order valence-corrected chi connectivity index (χ4v) is 2.61. The van der Waals surface area contributed by atoms with E-state index in [9.17, 15) is 4.79 Å². The molecule has 0 aliphatic carbocycles. The predicted molar refractivity (Wildman–Crippen MR) is 81.6 cm³/mol. The normalized spacial score (nSPS) is 14.7. The fraction of sp³-hybridized carbons (Fsp3) is 0.375. The molecule has 22 heavy (non-hydrogen) atoms. The third kappa shape index (κ3) is 2.90. The lowest BCUT2D eigenvalue weighted by atomic mass is 10.1. The molecule has 0 N–H and O–H groups in total. The second-order valence-corrected chi connectivity index (χ2v) is 5.20. The van der Waals surface area contributed by atoms with Gasteiger partial charge in [0.1, 0.15) is 5.69 Å². The molecule has 0 atom stereocenters. The first kappa shape index (κ1) is 14.4. The lowest BCUT2D eigenvalue weighted by molar-refractivity contribution is 0.0718. The molecule has 1 aliphatic rings. The average Bonchev–Trinajstić information content (AvgIpc) is 2.62. The van der Waals surface area contributed by atoms with E-state index < -0.39 is 0 Å². The van der Waals surface area contributed by atoms with Gasteiger partial charge in [0.05, 0.1) is 30.8 Å². The van der Waals surface area contributed by atoms with Crippen LogP contribution in [0.15, 0.2) is 30.7 Å². The van der Waals surface area contributed by atoms with Crippen LogP contribution < -0.4 is 4.74 Å². The van der Waals surface area contributed by atoms with Crippen LogP contribution in [0, 0.1) is 0 Å². The van der Waals surface area contributed by atoms with Crippen molar-refractivity contribution in [2.45, 2.75) is 19.3 Å². The first-order chi connectivity index (χ1) is 10.8. The minimum absolute atomic E-state index is 0.0584. The number of aromatic nitrogens is 3. The highest BCUT2D eigenvalue weighted by atomic mass is 16.5. The van der Waals surface area contributed by atoms with Crippen LogP contribution in [-0.2, 0) is 0 Å². The van der Waals surface area contributed by atoms with Crippen molar-refractivity contribution in [3.63, 3.8) is 0 Å². The highest BCUT2D eigenvalue weighted by Gasteiger charge is 2.20. The molecule has 0 radical (unpaired) electrons. The number of rotatable bonds is 3. The number of likely N-dealkylation sites (tertiary alicyclic amines) is 1. The number of nitrogens with zero attached hydrogens (tertiary/aromatic N) is 4. The van der Waals surface area contributed by atoms with Gasteiger partial charge >= 0.3 is 0 Å². The molecule has 0 aromatic carbocycles. The molecule has 3 rings (SSSR count). The van der Waals surface area contributed by atoms with E-state index in [1.807, 2.05) is 11.0 Å². The van der Waals surface area contributed by atoms with Gasteiger partial charge < -0.3 is 9.64 Å². The Morgan fingerprint density at radius 1 is 1.23 bits per heavy atom. The second-order valence-electron chi connectivity index (χ2n) is 5.20. The summed E-state index contributed by atoms with van der Waals surface area (Å²) in [6, 6.07) is 3.66. The summed E-state index contributed by atoms with van der Waals surface area (Å²) in [7, 11) is 1.56. The highest BCUT2D eigenvalue weighted by Crippen LogP contribution is 2.25. The first-order valence-electron chi connectivity index (χ1n) is 7.40. The van der Waals surface area contributed by atoms with Gasteiger partial charge in [-0.05, 0) is 31.4 Å². The molecule has 1 amide bonds. The number of piperidine rings is 1. The van der Waals surface area contributed by atoms with Crippen LogP contribution in [0.5, 0.6) is 5.88 Å².